The van der Waals surface area contributed by atoms with Crippen LogP contribution in [0.5, 0.6) is 0 Å². The van der Waals surface area contributed by atoms with E-state index < -0.39 is 11.1 Å². The monoisotopic (exact) mass is 253 g/mol. The van der Waals surface area contributed by atoms with E-state index >= 15 is 0 Å². The van der Waals surface area contributed by atoms with Crippen molar-refractivity contribution in [2.24, 2.45) is 5.92 Å². The Labute approximate surface area is 109 Å². The van der Waals surface area contributed by atoms with Gasteiger partial charge in [-0.25, -0.2) is 4.79 Å². The molecule has 1 aliphatic carbocycles. The van der Waals surface area contributed by atoms with Crippen molar-refractivity contribution in [3.05, 3.63) is 0 Å². The van der Waals surface area contributed by atoms with Crippen LogP contribution < -0.4 is 0 Å². The van der Waals surface area contributed by atoms with E-state index in [1.165, 1.54) is 6.42 Å². The van der Waals surface area contributed by atoms with Crippen LogP contribution in [0, 0.1) is 5.92 Å². The van der Waals surface area contributed by atoms with Crippen LogP contribution in [-0.2, 0) is 9.53 Å². The van der Waals surface area contributed by atoms with Crippen molar-refractivity contribution in [2.75, 3.05) is 6.54 Å². The molecule has 1 atom stereocenters. The summed E-state index contributed by atoms with van der Waals surface area (Å²) in [6.45, 7) is 6.21. The fourth-order valence-electron chi connectivity index (χ4n) is 2.99. The predicted molar refractivity (Wildman–Crippen MR) is 68.3 cm³/mol. The average molecular weight is 253 g/mol. The number of carbonyl (C=O) groups is 2. The Bertz CT molecular complexity index is 343. The van der Waals surface area contributed by atoms with Gasteiger partial charge in [-0.15, -0.1) is 0 Å². The van der Waals surface area contributed by atoms with E-state index in [1.54, 1.807) is 4.90 Å². The lowest BCUT2D eigenvalue weighted by Crippen LogP contribution is -2.56. The van der Waals surface area contributed by atoms with Gasteiger partial charge in [0.2, 0.25) is 0 Å². The number of likely N-dealkylation sites (tertiary alicyclic amines) is 1. The molecule has 1 unspecified atom stereocenters. The molecule has 1 heterocycles. The molecule has 18 heavy (non-hydrogen) atoms. The van der Waals surface area contributed by atoms with Crippen molar-refractivity contribution < 1.29 is 14.3 Å². The van der Waals surface area contributed by atoms with Gasteiger partial charge >= 0.3 is 6.09 Å². The highest BCUT2D eigenvalue weighted by atomic mass is 16.6. The summed E-state index contributed by atoms with van der Waals surface area (Å²) in [7, 11) is 0. The molecule has 2 fully saturated rings. The Morgan fingerprint density at radius 3 is 2.44 bits per heavy atom. The maximum atomic E-state index is 12.2. The minimum Gasteiger partial charge on any atom is -0.444 e. The van der Waals surface area contributed by atoms with Crippen LogP contribution in [0.2, 0.25) is 0 Å². The van der Waals surface area contributed by atoms with E-state index in [0.717, 1.165) is 32.0 Å². The molecule has 4 heteroatoms. The molecule has 2 rings (SSSR count). The summed E-state index contributed by atoms with van der Waals surface area (Å²) in [6, 6.07) is 0. The second kappa shape index (κ2) is 4.56. The molecule has 1 amide bonds. The first kappa shape index (κ1) is 13.4. The third-order valence-corrected chi connectivity index (χ3v) is 4.09. The van der Waals surface area contributed by atoms with E-state index in [4.69, 9.17) is 4.74 Å². The minimum atomic E-state index is -0.583. The van der Waals surface area contributed by atoms with Gasteiger partial charge in [0, 0.05) is 6.54 Å². The minimum absolute atomic E-state index is 0.334. The number of hydrogen-bond acceptors (Lipinski definition) is 3. The fraction of sp³-hybridized carbons (Fsp3) is 0.857. The third-order valence-electron chi connectivity index (χ3n) is 4.09. The number of ether oxygens (including phenoxy) is 1. The summed E-state index contributed by atoms with van der Waals surface area (Å²) in [5.41, 5.74) is -1.09. The van der Waals surface area contributed by atoms with Gasteiger partial charge in [-0.1, -0.05) is 6.42 Å². The number of carbonyl (C=O) groups excluding carboxylic acids is 2. The first-order chi connectivity index (χ1) is 8.39. The van der Waals surface area contributed by atoms with Crippen molar-refractivity contribution in [1.82, 2.24) is 4.90 Å². The molecule has 0 aromatic carbocycles. The lowest BCUT2D eigenvalue weighted by molar-refractivity contribution is -0.122. The molecule has 0 N–H and O–H groups in total. The first-order valence-corrected chi connectivity index (χ1v) is 6.86. The molecule has 0 radical (unpaired) electrons. The molecule has 0 bridgehead atoms. The summed E-state index contributed by atoms with van der Waals surface area (Å²) in [5.74, 6) is 0.338. The molecular weight excluding hydrogens is 230 g/mol. The Kier molecular flexibility index (Phi) is 3.39. The maximum absolute atomic E-state index is 12.2. The van der Waals surface area contributed by atoms with E-state index in [1.807, 2.05) is 20.8 Å². The van der Waals surface area contributed by atoms with Gasteiger partial charge in [-0.2, -0.15) is 0 Å². The highest BCUT2D eigenvalue weighted by Gasteiger charge is 2.52. The second-order valence-electron chi connectivity index (χ2n) is 6.47. The molecule has 0 aromatic heterocycles. The average Bonchev–Trinajstić information content (AvgIpc) is 2.57. The maximum Gasteiger partial charge on any atom is 0.411 e. The molecule has 102 valence electrons. The zero-order chi connectivity index (χ0) is 13.4. The molecule has 0 aromatic rings. The molecule has 1 saturated heterocycles. The van der Waals surface area contributed by atoms with Gasteiger partial charge in [-0.05, 0) is 52.4 Å². The predicted octanol–water partition coefficient (Wildman–Crippen LogP) is 2.76. The van der Waals surface area contributed by atoms with Crippen LogP contribution >= 0.6 is 0 Å². The zero-order valence-electron chi connectivity index (χ0n) is 11.6. The Hall–Kier alpha value is -1.06. The highest BCUT2D eigenvalue weighted by molar-refractivity contribution is 5.78. The van der Waals surface area contributed by atoms with Gasteiger partial charge in [-0.3, -0.25) is 4.90 Å². The Balaban J connectivity index is 2.15. The van der Waals surface area contributed by atoms with Crippen LogP contribution in [0.25, 0.3) is 0 Å². The van der Waals surface area contributed by atoms with Crippen molar-refractivity contribution in [3.8, 4) is 0 Å². The molecule has 1 aliphatic heterocycles. The van der Waals surface area contributed by atoms with Gasteiger partial charge in [0.25, 0.3) is 0 Å². The van der Waals surface area contributed by atoms with Crippen molar-refractivity contribution in [3.63, 3.8) is 0 Å². The lowest BCUT2D eigenvalue weighted by Gasteiger charge is -2.44. The summed E-state index contributed by atoms with van der Waals surface area (Å²) >= 11 is 0. The normalized spacial score (nSPS) is 28.9. The number of rotatable bonds is 2. The topological polar surface area (TPSA) is 46.6 Å². The summed E-state index contributed by atoms with van der Waals surface area (Å²) in [4.78, 5) is 25.5. The first-order valence-electron chi connectivity index (χ1n) is 6.86. The van der Waals surface area contributed by atoms with Crippen molar-refractivity contribution in [1.29, 1.82) is 0 Å². The second-order valence-corrected chi connectivity index (χ2v) is 6.47. The Morgan fingerprint density at radius 1 is 1.33 bits per heavy atom. The van der Waals surface area contributed by atoms with Crippen molar-refractivity contribution in [2.45, 2.75) is 64.0 Å². The number of nitrogens with zero attached hydrogens (tertiary/aromatic N) is 1. The van der Waals surface area contributed by atoms with Gasteiger partial charge in [0.05, 0.1) is 0 Å². The SMILES string of the molecule is CC(C)(C)OC(=O)N1CCCC1(C=O)C1CCC1. The molecule has 0 spiro atoms. The molecule has 1 saturated carbocycles. The quantitative estimate of drug-likeness (QED) is 0.711. The summed E-state index contributed by atoms with van der Waals surface area (Å²) in [5, 5.41) is 0. The van der Waals surface area contributed by atoms with E-state index in [9.17, 15) is 9.59 Å². The van der Waals surface area contributed by atoms with Crippen LogP contribution in [0.4, 0.5) is 4.79 Å². The number of aldehydes is 1. The third kappa shape index (κ3) is 2.25. The van der Waals surface area contributed by atoms with E-state index in [2.05, 4.69) is 0 Å². The molecular formula is C14H23NO3. The zero-order valence-corrected chi connectivity index (χ0v) is 11.6. The molecule has 2 aliphatic rings. The lowest BCUT2D eigenvalue weighted by atomic mass is 9.70. The summed E-state index contributed by atoms with van der Waals surface area (Å²) < 4.78 is 5.43. The van der Waals surface area contributed by atoms with Crippen LogP contribution in [0.3, 0.4) is 0 Å². The highest BCUT2D eigenvalue weighted by Crippen LogP contribution is 2.44. The summed E-state index contributed by atoms with van der Waals surface area (Å²) in [6.07, 6.45) is 5.63. The van der Waals surface area contributed by atoms with Crippen molar-refractivity contribution >= 4 is 12.4 Å². The van der Waals surface area contributed by atoms with Crippen LogP contribution in [0.1, 0.15) is 52.9 Å². The largest absolute Gasteiger partial charge is 0.444 e. The van der Waals surface area contributed by atoms with Gasteiger partial charge in [0.1, 0.15) is 17.4 Å². The van der Waals surface area contributed by atoms with E-state index in [-0.39, 0.29) is 6.09 Å². The smallest absolute Gasteiger partial charge is 0.411 e. The van der Waals surface area contributed by atoms with Crippen LogP contribution in [0.15, 0.2) is 0 Å². The van der Waals surface area contributed by atoms with Gasteiger partial charge < -0.3 is 9.53 Å². The molecule has 4 nitrogen and oxygen atoms in total. The standard InChI is InChI=1S/C14H23NO3/c1-13(2,3)18-12(17)15-9-5-8-14(15,10-16)11-6-4-7-11/h10-11H,4-9H2,1-3H3. The Morgan fingerprint density at radius 2 is 2.00 bits per heavy atom. The number of amides is 1. The number of hydrogen-bond donors (Lipinski definition) is 0. The fourth-order valence-corrected chi connectivity index (χ4v) is 2.99. The van der Waals surface area contributed by atoms with Crippen LogP contribution in [-0.4, -0.2) is 35.0 Å². The van der Waals surface area contributed by atoms with Gasteiger partial charge in [0.15, 0.2) is 0 Å². The van der Waals surface area contributed by atoms with E-state index in [0.29, 0.717) is 12.5 Å².